The number of amides is 2. The van der Waals surface area contributed by atoms with E-state index in [9.17, 15) is 9.59 Å². The molecule has 1 spiro atoms. The lowest BCUT2D eigenvalue weighted by Gasteiger charge is -2.37. The predicted molar refractivity (Wildman–Crippen MR) is 140 cm³/mol. The number of fused-ring (bicyclic) bond motifs is 2. The van der Waals surface area contributed by atoms with Gasteiger partial charge in [-0.3, -0.25) is 14.5 Å². The highest BCUT2D eigenvalue weighted by Crippen LogP contribution is 2.43. The van der Waals surface area contributed by atoms with Crippen molar-refractivity contribution >= 4 is 17.6 Å². The number of aromatic nitrogens is 2. The number of nitrogens with two attached hydrogens (primary N) is 1. The molecule has 3 aromatic carbocycles. The molecule has 8 nitrogen and oxygen atoms in total. The standard InChI is InChI=1S/C29H27N5O3/c30-26(35)24-25(21-11-13-23(14-12-21)37-22-9-5-2-6-10-22)32-34-27(24)31-28(36)29(34)15-17-33(18-16-29)19-20-7-3-1-4-8-20/h1-14H,15-19H2,(H2,30,35)(H,31,36). The molecule has 0 atom stereocenters. The van der Waals surface area contributed by atoms with Gasteiger partial charge in [-0.05, 0) is 54.8 Å². The third kappa shape index (κ3) is 4.15. The lowest BCUT2D eigenvalue weighted by Crippen LogP contribution is -2.49. The van der Waals surface area contributed by atoms with E-state index in [1.165, 1.54) is 5.56 Å². The highest BCUT2D eigenvalue weighted by Gasteiger charge is 2.51. The van der Waals surface area contributed by atoms with Crippen molar-refractivity contribution in [2.45, 2.75) is 24.9 Å². The number of hydrogen-bond acceptors (Lipinski definition) is 5. The number of piperidine rings is 1. The Bertz CT molecular complexity index is 1440. The first-order chi connectivity index (χ1) is 18.0. The van der Waals surface area contributed by atoms with Crippen LogP contribution in [0.25, 0.3) is 11.3 Å². The van der Waals surface area contributed by atoms with Gasteiger partial charge in [0.2, 0.25) is 0 Å². The number of benzene rings is 3. The van der Waals surface area contributed by atoms with Crippen LogP contribution in [0.4, 0.5) is 5.82 Å². The molecule has 1 saturated heterocycles. The van der Waals surface area contributed by atoms with Crippen LogP contribution in [-0.2, 0) is 16.9 Å². The summed E-state index contributed by atoms with van der Waals surface area (Å²) in [6, 6.07) is 27.2. The first-order valence-corrected chi connectivity index (χ1v) is 12.4. The van der Waals surface area contributed by atoms with Crippen molar-refractivity contribution in [3.63, 3.8) is 0 Å². The number of nitrogens with zero attached hydrogens (tertiary/aromatic N) is 3. The first-order valence-electron chi connectivity index (χ1n) is 12.4. The third-order valence-electron chi connectivity index (χ3n) is 7.23. The van der Waals surface area contributed by atoms with Crippen LogP contribution in [0, 0.1) is 0 Å². The zero-order valence-electron chi connectivity index (χ0n) is 20.3. The molecule has 0 bridgehead atoms. The van der Waals surface area contributed by atoms with Gasteiger partial charge in [0.05, 0.1) is 0 Å². The van der Waals surface area contributed by atoms with Crippen molar-refractivity contribution in [1.29, 1.82) is 0 Å². The number of carbonyl (C=O) groups excluding carboxylic acids is 2. The molecule has 8 heteroatoms. The number of rotatable bonds is 6. The Kier molecular flexibility index (Phi) is 5.73. The van der Waals surface area contributed by atoms with Crippen LogP contribution in [0.1, 0.15) is 28.8 Å². The Balaban J connectivity index is 1.27. The van der Waals surface area contributed by atoms with Crippen LogP contribution >= 0.6 is 0 Å². The minimum atomic E-state index is -0.832. The van der Waals surface area contributed by atoms with Gasteiger partial charge in [0, 0.05) is 25.2 Å². The van der Waals surface area contributed by atoms with Crippen LogP contribution in [-0.4, -0.2) is 39.6 Å². The summed E-state index contributed by atoms with van der Waals surface area (Å²) in [5.74, 6) is 1.03. The molecule has 0 radical (unpaired) electrons. The smallest absolute Gasteiger partial charge is 0.254 e. The number of anilines is 1. The van der Waals surface area contributed by atoms with Crippen molar-refractivity contribution in [1.82, 2.24) is 14.7 Å². The van der Waals surface area contributed by atoms with E-state index in [2.05, 4.69) is 22.3 Å². The maximum Gasteiger partial charge on any atom is 0.254 e. The fourth-order valence-electron chi connectivity index (χ4n) is 5.27. The van der Waals surface area contributed by atoms with Crippen molar-refractivity contribution in [3.05, 3.63) is 96.1 Å². The van der Waals surface area contributed by atoms with Crippen molar-refractivity contribution in [2.75, 3.05) is 18.4 Å². The zero-order valence-corrected chi connectivity index (χ0v) is 20.3. The number of nitrogens with one attached hydrogen (secondary N) is 1. The van der Waals surface area contributed by atoms with Gasteiger partial charge in [0.1, 0.15) is 34.1 Å². The summed E-state index contributed by atoms with van der Waals surface area (Å²) < 4.78 is 7.59. The largest absolute Gasteiger partial charge is 0.457 e. The average molecular weight is 494 g/mol. The van der Waals surface area contributed by atoms with E-state index in [0.29, 0.717) is 30.1 Å². The summed E-state index contributed by atoms with van der Waals surface area (Å²) in [7, 11) is 0. The minimum Gasteiger partial charge on any atom is -0.457 e. The molecule has 1 aromatic heterocycles. The topological polar surface area (TPSA) is 102 Å². The van der Waals surface area contributed by atoms with Crippen molar-refractivity contribution in [2.24, 2.45) is 5.73 Å². The molecular formula is C29H27N5O3. The van der Waals surface area contributed by atoms with Gasteiger partial charge in [-0.2, -0.15) is 5.10 Å². The highest BCUT2D eigenvalue weighted by atomic mass is 16.5. The lowest BCUT2D eigenvalue weighted by molar-refractivity contribution is -0.125. The number of ether oxygens (including phenoxy) is 1. The maximum absolute atomic E-state index is 13.2. The van der Waals surface area contributed by atoms with Crippen LogP contribution in [0.5, 0.6) is 11.5 Å². The van der Waals surface area contributed by atoms with E-state index in [-0.39, 0.29) is 11.5 Å². The monoisotopic (exact) mass is 493 g/mol. The molecule has 186 valence electrons. The molecule has 4 aromatic rings. The summed E-state index contributed by atoms with van der Waals surface area (Å²) in [6.07, 6.45) is 1.20. The second kappa shape index (κ2) is 9.22. The van der Waals surface area contributed by atoms with Gasteiger partial charge in [-0.25, -0.2) is 4.68 Å². The van der Waals surface area contributed by atoms with Gasteiger partial charge in [-0.15, -0.1) is 0 Å². The second-order valence-corrected chi connectivity index (χ2v) is 9.54. The Morgan fingerprint density at radius 3 is 2.19 bits per heavy atom. The first kappa shape index (κ1) is 23.0. The molecule has 6 rings (SSSR count). The SMILES string of the molecule is NC(=O)c1c(-c2ccc(Oc3ccccc3)cc2)nn2c1NC(=O)C21CCN(Cc2ccccc2)CC1. The summed E-state index contributed by atoms with van der Waals surface area (Å²) in [4.78, 5) is 28.1. The van der Waals surface area contributed by atoms with Gasteiger partial charge in [0.15, 0.2) is 0 Å². The van der Waals surface area contributed by atoms with Crippen molar-refractivity contribution < 1.29 is 14.3 Å². The normalized spacial score (nSPS) is 16.4. The van der Waals surface area contributed by atoms with E-state index in [1.54, 1.807) is 4.68 Å². The summed E-state index contributed by atoms with van der Waals surface area (Å²) >= 11 is 0. The van der Waals surface area contributed by atoms with Gasteiger partial charge >= 0.3 is 0 Å². The molecule has 2 aliphatic rings. The molecule has 0 aliphatic carbocycles. The second-order valence-electron chi connectivity index (χ2n) is 9.54. The number of hydrogen-bond donors (Lipinski definition) is 2. The zero-order chi connectivity index (χ0) is 25.4. The quantitative estimate of drug-likeness (QED) is 0.415. The fourth-order valence-corrected chi connectivity index (χ4v) is 5.27. The molecule has 1 fully saturated rings. The lowest BCUT2D eigenvalue weighted by atomic mass is 9.87. The van der Waals surface area contributed by atoms with E-state index in [0.717, 1.165) is 30.9 Å². The molecule has 0 saturated carbocycles. The summed E-state index contributed by atoms with van der Waals surface area (Å²) in [5.41, 5.74) is 7.62. The highest BCUT2D eigenvalue weighted by molar-refractivity contribution is 6.10. The minimum absolute atomic E-state index is 0.130. The van der Waals surface area contributed by atoms with Crippen LogP contribution in [0.3, 0.4) is 0 Å². The molecular weight excluding hydrogens is 466 g/mol. The van der Waals surface area contributed by atoms with Gasteiger partial charge in [-0.1, -0.05) is 48.5 Å². The number of likely N-dealkylation sites (tertiary alicyclic amines) is 1. The number of carbonyl (C=O) groups is 2. The van der Waals surface area contributed by atoms with E-state index in [4.69, 9.17) is 15.6 Å². The number of primary amides is 1. The Morgan fingerprint density at radius 1 is 0.919 bits per heavy atom. The molecule has 2 aliphatic heterocycles. The third-order valence-corrected chi connectivity index (χ3v) is 7.23. The maximum atomic E-state index is 13.2. The molecule has 37 heavy (non-hydrogen) atoms. The molecule has 3 heterocycles. The Morgan fingerprint density at radius 2 is 1.54 bits per heavy atom. The van der Waals surface area contributed by atoms with Gasteiger partial charge in [0.25, 0.3) is 11.8 Å². The predicted octanol–water partition coefficient (Wildman–Crippen LogP) is 4.38. The molecule has 3 N–H and O–H groups in total. The van der Waals surface area contributed by atoms with Gasteiger partial charge < -0.3 is 15.8 Å². The van der Waals surface area contributed by atoms with E-state index >= 15 is 0 Å². The summed E-state index contributed by atoms with van der Waals surface area (Å²) in [6.45, 7) is 2.32. The van der Waals surface area contributed by atoms with E-state index < -0.39 is 11.4 Å². The van der Waals surface area contributed by atoms with Crippen LogP contribution in [0.15, 0.2) is 84.9 Å². The molecule has 0 unspecified atom stereocenters. The molecule has 2 amide bonds. The van der Waals surface area contributed by atoms with Crippen molar-refractivity contribution in [3.8, 4) is 22.8 Å². The number of para-hydroxylation sites is 1. The fraction of sp³-hybridized carbons (Fsp3) is 0.207. The van der Waals surface area contributed by atoms with Crippen LogP contribution in [0.2, 0.25) is 0 Å². The van der Waals surface area contributed by atoms with Crippen LogP contribution < -0.4 is 15.8 Å². The summed E-state index contributed by atoms with van der Waals surface area (Å²) in [5, 5.41) is 7.73. The van der Waals surface area contributed by atoms with E-state index in [1.807, 2.05) is 72.8 Å². The Hall–Kier alpha value is -4.43. The average Bonchev–Trinajstić information content (AvgIpc) is 3.41. The Labute approximate surface area is 214 Å².